The van der Waals surface area contributed by atoms with Crippen molar-refractivity contribution in [2.75, 3.05) is 73.4 Å². The second-order valence-electron chi connectivity index (χ2n) is 20.2. The van der Waals surface area contributed by atoms with Crippen LogP contribution in [0.3, 0.4) is 0 Å². The minimum absolute atomic E-state index is 0.00899. The molecule has 6 aliphatic rings. The third-order valence-electron chi connectivity index (χ3n) is 15.8. The highest BCUT2D eigenvalue weighted by Gasteiger charge is 2.43. The summed E-state index contributed by atoms with van der Waals surface area (Å²) in [5.41, 5.74) is 5.31. The van der Waals surface area contributed by atoms with Crippen LogP contribution in [0.1, 0.15) is 83.2 Å². The molecule has 5 fully saturated rings. The summed E-state index contributed by atoms with van der Waals surface area (Å²) >= 11 is 0. The van der Waals surface area contributed by atoms with Gasteiger partial charge in [0.15, 0.2) is 5.82 Å². The van der Waals surface area contributed by atoms with Crippen LogP contribution in [-0.4, -0.2) is 121 Å². The lowest BCUT2D eigenvalue weighted by molar-refractivity contribution is -0.126. The number of ketones is 1. The van der Waals surface area contributed by atoms with Gasteiger partial charge < -0.3 is 29.9 Å². The number of aromatic amines is 1. The molecule has 0 saturated carbocycles. The standard InChI is InChI=1S/C52H56F3N9O5S/c1-32-2-11-45(50(66)58-32)64-29-36-24-39(7-8-40(36)51(64)67)62-23-17-52(31-62)15-21-60(22-16-52)28-33-12-18-61(19-13-33)38-5-3-34(4-6-38)35-25-41-42(27-57-49(41)56-26-35)48(65)46-43(54)9-10-44(47(46)55)59-70(68,69)63-20-14-37(53)30-63/h3-10,24-27,33,37,45,59H,1-2,11-23,28-31H2,(H,56,57)(H,58,66)/t37-,45?/m1/s1. The van der Waals surface area contributed by atoms with E-state index in [0.29, 0.717) is 58.6 Å². The van der Waals surface area contributed by atoms with Crippen LogP contribution in [-0.2, 0) is 21.5 Å². The van der Waals surface area contributed by atoms with E-state index in [9.17, 15) is 27.2 Å². The van der Waals surface area contributed by atoms with E-state index >= 15 is 8.78 Å². The molecule has 1 unspecified atom stereocenters. The predicted octanol–water partition coefficient (Wildman–Crippen LogP) is 7.40. The largest absolute Gasteiger partial charge is 0.372 e. The predicted molar refractivity (Wildman–Crippen MR) is 261 cm³/mol. The fourth-order valence-corrected chi connectivity index (χ4v) is 12.9. The summed E-state index contributed by atoms with van der Waals surface area (Å²) in [5.74, 6) is -3.10. The number of nitrogens with one attached hydrogen (secondary N) is 3. The van der Waals surface area contributed by atoms with E-state index in [-0.39, 0.29) is 36.9 Å². The molecule has 3 aromatic carbocycles. The maximum Gasteiger partial charge on any atom is 0.301 e. The number of nitrogens with zero attached hydrogens (tertiary/aromatic N) is 6. The summed E-state index contributed by atoms with van der Waals surface area (Å²) in [6.07, 6.45) is 8.69. The zero-order valence-electron chi connectivity index (χ0n) is 38.9. The Morgan fingerprint density at radius 2 is 1.63 bits per heavy atom. The number of anilines is 3. The molecular formula is C52H56F3N9O5S. The van der Waals surface area contributed by atoms with Crippen molar-refractivity contribution in [3.05, 3.63) is 119 Å². The van der Waals surface area contributed by atoms with E-state index < -0.39 is 51.1 Å². The van der Waals surface area contributed by atoms with Crippen LogP contribution in [0.15, 0.2) is 85.3 Å². The summed E-state index contributed by atoms with van der Waals surface area (Å²) in [5, 5.41) is 3.17. The molecule has 2 amide bonds. The highest BCUT2D eigenvalue weighted by atomic mass is 32.2. The van der Waals surface area contributed by atoms with E-state index in [1.807, 2.05) is 18.2 Å². The number of hydrogen-bond acceptors (Lipinski definition) is 9. The minimum Gasteiger partial charge on any atom is -0.372 e. The fraction of sp³-hybridized carbons (Fsp3) is 0.423. The molecule has 6 aliphatic heterocycles. The zero-order valence-corrected chi connectivity index (χ0v) is 39.7. The Morgan fingerprint density at radius 1 is 0.871 bits per heavy atom. The smallest absolute Gasteiger partial charge is 0.301 e. The van der Waals surface area contributed by atoms with E-state index in [2.05, 4.69) is 65.6 Å². The molecular weight excluding hydrogens is 920 g/mol. The average Bonchev–Trinajstić information content (AvgIpc) is 4.17. The number of carbonyl (C=O) groups is 3. The third-order valence-corrected chi connectivity index (χ3v) is 17.3. The number of fused-ring (bicyclic) bond motifs is 2. The topological polar surface area (TPSA) is 154 Å². The number of allylic oxidation sites excluding steroid dienone is 1. The summed E-state index contributed by atoms with van der Waals surface area (Å²) in [4.78, 5) is 56.5. The molecule has 0 radical (unpaired) electrons. The van der Waals surface area contributed by atoms with Crippen molar-refractivity contribution in [2.24, 2.45) is 11.3 Å². The maximum atomic E-state index is 15.8. The van der Waals surface area contributed by atoms with Gasteiger partial charge in [-0.2, -0.15) is 12.7 Å². The summed E-state index contributed by atoms with van der Waals surface area (Å²) in [7, 11) is -4.35. The van der Waals surface area contributed by atoms with Crippen molar-refractivity contribution < 1.29 is 36.0 Å². The Morgan fingerprint density at radius 3 is 2.37 bits per heavy atom. The van der Waals surface area contributed by atoms with E-state index in [1.54, 1.807) is 17.2 Å². The normalized spacial score (nSPS) is 22.4. The molecule has 8 heterocycles. The Bertz CT molecular complexity index is 3020. The highest BCUT2D eigenvalue weighted by molar-refractivity contribution is 7.90. The van der Waals surface area contributed by atoms with Crippen LogP contribution in [0.2, 0.25) is 0 Å². The highest BCUT2D eigenvalue weighted by Crippen LogP contribution is 2.43. The molecule has 2 atom stereocenters. The lowest BCUT2D eigenvalue weighted by Gasteiger charge is -2.42. The minimum atomic E-state index is -4.35. The molecule has 14 nitrogen and oxygen atoms in total. The van der Waals surface area contributed by atoms with E-state index in [1.165, 1.54) is 25.5 Å². The maximum absolute atomic E-state index is 15.8. The molecule has 18 heteroatoms. The van der Waals surface area contributed by atoms with Gasteiger partial charge in [0.25, 0.3) is 5.91 Å². The van der Waals surface area contributed by atoms with Gasteiger partial charge in [0, 0.05) is 104 Å². The molecule has 11 rings (SSSR count). The number of pyridine rings is 1. The number of aromatic nitrogens is 2. The Balaban J connectivity index is 0.671. The van der Waals surface area contributed by atoms with Crippen molar-refractivity contribution in [3.8, 4) is 11.1 Å². The number of halogens is 3. The van der Waals surface area contributed by atoms with Gasteiger partial charge in [-0.15, -0.1) is 0 Å². The number of amides is 2. The summed E-state index contributed by atoms with van der Waals surface area (Å²) in [6.45, 7) is 11.1. The molecule has 0 bridgehead atoms. The number of carbonyl (C=O) groups excluding carboxylic acids is 3. The second-order valence-corrected chi connectivity index (χ2v) is 21.8. The number of piperidine rings is 3. The number of rotatable bonds is 11. The number of benzene rings is 3. The first-order valence-electron chi connectivity index (χ1n) is 24.4. The van der Waals surface area contributed by atoms with Gasteiger partial charge in [0.05, 0.1) is 11.3 Å². The Kier molecular flexibility index (Phi) is 12.0. The van der Waals surface area contributed by atoms with Gasteiger partial charge in [0.2, 0.25) is 11.7 Å². The van der Waals surface area contributed by atoms with Crippen LogP contribution in [0.25, 0.3) is 22.2 Å². The molecule has 1 spiro atoms. The third kappa shape index (κ3) is 8.71. The van der Waals surface area contributed by atoms with Crippen LogP contribution >= 0.6 is 0 Å². The van der Waals surface area contributed by atoms with Crippen molar-refractivity contribution in [1.29, 1.82) is 0 Å². The van der Waals surface area contributed by atoms with Gasteiger partial charge in [-0.05, 0) is 135 Å². The van der Waals surface area contributed by atoms with Crippen LogP contribution in [0.5, 0.6) is 0 Å². The molecule has 0 aliphatic carbocycles. The van der Waals surface area contributed by atoms with Crippen molar-refractivity contribution in [2.45, 2.75) is 70.1 Å². The number of alkyl halides is 1. The SMILES string of the molecule is C=C1CCC(N2Cc3cc(N4CCC5(CCN(CC6CCN(c7ccc(-c8cnc9[nH]cc(C(=O)c%10c(F)ccc(NS(=O)(=O)N%11CC[C@@H](F)C%11)c%10F)c9c8)cc7)CC6)CC5)C4)ccc3C2=O)C(=O)N1. The van der Waals surface area contributed by atoms with Crippen molar-refractivity contribution >= 4 is 55.9 Å². The molecule has 70 heavy (non-hydrogen) atoms. The van der Waals surface area contributed by atoms with Crippen LogP contribution in [0.4, 0.5) is 30.2 Å². The number of hydrogen-bond donors (Lipinski definition) is 3. The molecule has 2 aromatic heterocycles. The molecule has 3 N–H and O–H groups in total. The first kappa shape index (κ1) is 46.2. The van der Waals surface area contributed by atoms with Crippen molar-refractivity contribution in [1.82, 2.24) is 29.4 Å². The van der Waals surface area contributed by atoms with Crippen LogP contribution < -0.4 is 19.8 Å². The van der Waals surface area contributed by atoms with Crippen LogP contribution in [0, 0.1) is 23.0 Å². The lowest BCUT2D eigenvalue weighted by Crippen LogP contribution is -2.49. The summed E-state index contributed by atoms with van der Waals surface area (Å²) in [6, 6.07) is 17.4. The molecule has 5 saturated heterocycles. The van der Waals surface area contributed by atoms with Gasteiger partial charge in [-0.25, -0.2) is 18.2 Å². The van der Waals surface area contributed by atoms with E-state index in [0.717, 1.165) is 97.6 Å². The van der Waals surface area contributed by atoms with Crippen molar-refractivity contribution in [3.63, 3.8) is 0 Å². The van der Waals surface area contributed by atoms with Gasteiger partial charge in [-0.1, -0.05) is 18.7 Å². The first-order chi connectivity index (χ1) is 33.7. The van der Waals surface area contributed by atoms with Gasteiger partial charge >= 0.3 is 10.2 Å². The number of likely N-dealkylation sites (tertiary alicyclic amines) is 1. The summed E-state index contributed by atoms with van der Waals surface area (Å²) < 4.78 is 73.3. The monoisotopic (exact) mass is 975 g/mol. The molecule has 366 valence electrons. The first-order valence-corrected chi connectivity index (χ1v) is 25.8. The Labute approximate surface area is 405 Å². The second kappa shape index (κ2) is 18.2. The zero-order chi connectivity index (χ0) is 48.5. The average molecular weight is 976 g/mol. The van der Waals surface area contributed by atoms with Gasteiger partial charge in [0.1, 0.15) is 23.7 Å². The number of H-pyrrole nitrogens is 1. The Hall–Kier alpha value is -6.24. The van der Waals surface area contributed by atoms with Gasteiger partial charge in [-0.3, -0.25) is 19.1 Å². The quantitative estimate of drug-likeness (QED) is 0.115. The molecule has 5 aromatic rings. The lowest BCUT2D eigenvalue weighted by atomic mass is 9.77. The fourth-order valence-electron chi connectivity index (χ4n) is 11.6. The van der Waals surface area contributed by atoms with E-state index in [4.69, 9.17) is 0 Å².